The normalized spacial score (nSPS) is 11.1. The molecule has 0 bridgehead atoms. The fraction of sp³-hybridized carbons (Fsp3) is 0. The Bertz CT molecular complexity index is 2960. The average molecular weight is 938 g/mol. The van der Waals surface area contributed by atoms with Gasteiger partial charge >= 0.3 is 7.12 Å². The Kier molecular flexibility index (Phi) is 10.8. The minimum atomic E-state index is -1.47. The van der Waals surface area contributed by atoms with Crippen LogP contribution in [-0.4, -0.2) is 17.2 Å². The van der Waals surface area contributed by atoms with Crippen LogP contribution in [0.5, 0.6) is 0 Å². The number of hydrogen-bond acceptors (Lipinski definition) is 2. The maximum absolute atomic E-state index is 9.71. The van der Waals surface area contributed by atoms with Crippen molar-refractivity contribution in [2.75, 3.05) is 0 Å². The molecule has 0 fully saturated rings. The molecule has 0 saturated heterocycles. The van der Waals surface area contributed by atoms with Crippen molar-refractivity contribution in [3.8, 4) is 11.1 Å². The topological polar surface area (TPSA) is 40.5 Å². The van der Waals surface area contributed by atoms with Gasteiger partial charge in [-0.3, -0.25) is 0 Å². The first-order valence-electron chi connectivity index (χ1n) is 17.6. The molecule has 0 atom stereocenters. The third kappa shape index (κ3) is 7.42. The van der Waals surface area contributed by atoms with E-state index in [1.54, 1.807) is 0 Å². The van der Waals surface area contributed by atoms with Gasteiger partial charge in [-0.25, -0.2) is 0 Å². The number of fused-ring (bicyclic) bond motifs is 10. The smallest absolute Gasteiger partial charge is 0.423 e. The lowest BCUT2D eigenvalue weighted by Gasteiger charge is -2.13. The number of hydrogen-bond donors (Lipinski definition) is 2. The molecule has 0 unspecified atom stereocenters. The zero-order valence-electron chi connectivity index (χ0n) is 28.9. The Morgan fingerprint density at radius 1 is 0.370 bits per heavy atom. The van der Waals surface area contributed by atoms with E-state index in [1.165, 1.54) is 47.0 Å². The summed E-state index contributed by atoms with van der Waals surface area (Å²) in [6.45, 7) is 0. The third-order valence-electron chi connectivity index (χ3n) is 9.77. The van der Waals surface area contributed by atoms with Crippen LogP contribution >= 0.6 is 54.5 Å². The summed E-state index contributed by atoms with van der Waals surface area (Å²) in [6.07, 6.45) is 0. The minimum Gasteiger partial charge on any atom is -0.423 e. The van der Waals surface area contributed by atoms with Crippen LogP contribution in [0.25, 0.3) is 75.8 Å². The van der Waals surface area contributed by atoms with Crippen LogP contribution in [0.3, 0.4) is 0 Å². The van der Waals surface area contributed by atoms with Crippen molar-refractivity contribution in [3.63, 3.8) is 0 Å². The van der Waals surface area contributed by atoms with Gasteiger partial charge in [0.1, 0.15) is 0 Å². The van der Waals surface area contributed by atoms with Gasteiger partial charge in [0.25, 0.3) is 0 Å². The highest BCUT2D eigenvalue weighted by molar-refractivity contribution is 14.1. The van der Waals surface area contributed by atoms with Crippen molar-refractivity contribution in [2.45, 2.75) is 0 Å². The largest absolute Gasteiger partial charge is 0.489 e. The van der Waals surface area contributed by atoms with E-state index >= 15 is 0 Å². The Hall–Kier alpha value is -4.57. The highest BCUT2D eigenvalue weighted by atomic mass is 127. The van der Waals surface area contributed by atoms with Gasteiger partial charge in [0.15, 0.2) is 0 Å². The first-order chi connectivity index (χ1) is 26.4. The van der Waals surface area contributed by atoms with E-state index in [4.69, 9.17) is 0 Å². The molecule has 10 aromatic rings. The van der Waals surface area contributed by atoms with E-state index in [0.717, 1.165) is 41.3 Å². The van der Waals surface area contributed by atoms with Crippen LogP contribution in [0, 0.1) is 3.57 Å². The first kappa shape index (κ1) is 36.4. The molecular formula is C48H32BBr2IO2. The lowest BCUT2D eigenvalue weighted by atomic mass is 9.75. The molecule has 54 heavy (non-hydrogen) atoms. The quantitative estimate of drug-likeness (QED) is 0.103. The number of benzene rings is 10. The third-order valence-corrected chi connectivity index (χ3v) is 11.4. The molecule has 2 N–H and O–H groups in total. The SMILES string of the molecule is Brc1cccc(-c2cc3c4ccccc4ccc3c3ccccc23)c1.Brc1cccc(I)c1.OB(O)c1cc2c3ccccc3ccc2c2ccccc12. The zero-order valence-corrected chi connectivity index (χ0v) is 34.3. The van der Waals surface area contributed by atoms with Crippen molar-refractivity contribution in [3.05, 3.63) is 195 Å². The van der Waals surface area contributed by atoms with Gasteiger partial charge in [0.05, 0.1) is 0 Å². The maximum Gasteiger partial charge on any atom is 0.489 e. The molecule has 10 aromatic carbocycles. The fourth-order valence-electron chi connectivity index (χ4n) is 7.32. The fourth-order valence-corrected chi connectivity index (χ4v) is 9.09. The van der Waals surface area contributed by atoms with E-state index in [9.17, 15) is 10.0 Å². The molecule has 0 saturated carbocycles. The molecule has 0 spiro atoms. The average Bonchev–Trinajstić information content (AvgIpc) is 3.20. The van der Waals surface area contributed by atoms with Crippen molar-refractivity contribution in [2.24, 2.45) is 0 Å². The molecular weight excluding hydrogens is 906 g/mol. The second-order valence-electron chi connectivity index (χ2n) is 13.1. The highest BCUT2D eigenvalue weighted by Gasteiger charge is 2.17. The van der Waals surface area contributed by atoms with Crippen molar-refractivity contribution < 1.29 is 10.0 Å². The van der Waals surface area contributed by atoms with E-state index < -0.39 is 7.12 Å². The van der Waals surface area contributed by atoms with Crippen molar-refractivity contribution in [1.29, 1.82) is 0 Å². The molecule has 0 aliphatic carbocycles. The Balaban J connectivity index is 0.000000129. The van der Waals surface area contributed by atoms with Gasteiger partial charge in [-0.05, 0) is 140 Å². The van der Waals surface area contributed by atoms with Gasteiger partial charge in [-0.15, -0.1) is 0 Å². The maximum atomic E-state index is 9.71. The summed E-state index contributed by atoms with van der Waals surface area (Å²) in [6, 6.07) is 63.0. The second kappa shape index (κ2) is 16.0. The molecule has 260 valence electrons. The lowest BCUT2D eigenvalue weighted by molar-refractivity contribution is 0.426. The van der Waals surface area contributed by atoms with E-state index in [-0.39, 0.29) is 0 Å². The van der Waals surface area contributed by atoms with E-state index in [1.807, 2.05) is 54.6 Å². The summed E-state index contributed by atoms with van der Waals surface area (Å²) in [4.78, 5) is 0. The molecule has 0 amide bonds. The van der Waals surface area contributed by atoms with Gasteiger partial charge in [-0.2, -0.15) is 0 Å². The van der Waals surface area contributed by atoms with Gasteiger partial charge in [0, 0.05) is 12.5 Å². The molecule has 2 nitrogen and oxygen atoms in total. The summed E-state index contributed by atoms with van der Waals surface area (Å²) in [5.41, 5.74) is 3.07. The van der Waals surface area contributed by atoms with Crippen LogP contribution in [-0.2, 0) is 0 Å². The summed E-state index contributed by atoms with van der Waals surface area (Å²) in [5, 5.41) is 33.6. The summed E-state index contributed by atoms with van der Waals surface area (Å²) in [5.74, 6) is 0. The first-order valence-corrected chi connectivity index (χ1v) is 20.2. The predicted molar refractivity (Wildman–Crippen MR) is 248 cm³/mol. The Morgan fingerprint density at radius 3 is 1.37 bits per heavy atom. The van der Waals surface area contributed by atoms with Crippen LogP contribution in [0.4, 0.5) is 0 Å². The summed E-state index contributed by atoms with van der Waals surface area (Å²) in [7, 11) is -1.47. The molecule has 0 heterocycles. The van der Waals surface area contributed by atoms with Crippen LogP contribution in [0.2, 0.25) is 0 Å². The monoisotopic (exact) mass is 936 g/mol. The molecule has 0 aromatic heterocycles. The zero-order chi connectivity index (χ0) is 37.2. The minimum absolute atomic E-state index is 0.550. The van der Waals surface area contributed by atoms with Crippen LogP contribution in [0.15, 0.2) is 191 Å². The van der Waals surface area contributed by atoms with E-state index in [0.29, 0.717) is 5.46 Å². The molecule has 10 rings (SSSR count). The van der Waals surface area contributed by atoms with Crippen LogP contribution < -0.4 is 5.46 Å². The van der Waals surface area contributed by atoms with Crippen molar-refractivity contribution >= 4 is 132 Å². The Morgan fingerprint density at radius 2 is 0.833 bits per heavy atom. The van der Waals surface area contributed by atoms with Gasteiger partial charge < -0.3 is 10.0 Å². The predicted octanol–water partition coefficient (Wildman–Crippen LogP) is 13.5. The summed E-state index contributed by atoms with van der Waals surface area (Å²) < 4.78 is 3.51. The van der Waals surface area contributed by atoms with Gasteiger partial charge in [0.2, 0.25) is 0 Å². The van der Waals surface area contributed by atoms with E-state index in [2.05, 4.69) is 182 Å². The number of halogens is 3. The molecule has 0 radical (unpaired) electrons. The molecule has 0 aliphatic heterocycles. The van der Waals surface area contributed by atoms with Crippen molar-refractivity contribution in [1.82, 2.24) is 0 Å². The molecule has 0 aliphatic rings. The molecule has 6 heteroatoms. The standard InChI is InChI=1S/C24H15Br.C18H13BO2.C6H4BrI/c25-18-8-5-7-17(14-18)23-15-24-19-9-2-1-6-16(19)12-13-22(24)20-10-3-4-11-21(20)23;20-19(21)18-11-17-13-6-2-1-5-12(13)9-10-15(17)14-7-3-4-8-16(14)18;7-5-2-1-3-6(8)4-5/h1-15H;1-11,20-21H;1-4H. The summed E-state index contributed by atoms with van der Waals surface area (Å²) >= 11 is 9.25. The van der Waals surface area contributed by atoms with Gasteiger partial charge in [-0.1, -0.05) is 177 Å². The lowest BCUT2D eigenvalue weighted by Crippen LogP contribution is -2.30. The number of rotatable bonds is 2. The Labute approximate surface area is 344 Å². The second-order valence-corrected chi connectivity index (χ2v) is 16.1. The highest BCUT2D eigenvalue weighted by Crippen LogP contribution is 2.38. The van der Waals surface area contributed by atoms with Crippen LogP contribution in [0.1, 0.15) is 0 Å².